The third kappa shape index (κ3) is 12.1. The highest BCUT2D eigenvalue weighted by Gasteiger charge is 2.47. The van der Waals surface area contributed by atoms with Gasteiger partial charge in [0.05, 0.1) is 24.3 Å². The number of benzene rings is 2. The van der Waals surface area contributed by atoms with Gasteiger partial charge < -0.3 is 41.7 Å². The van der Waals surface area contributed by atoms with Crippen LogP contribution in [0.5, 0.6) is 0 Å². The minimum Gasteiger partial charge on any atom is -0.477 e. The summed E-state index contributed by atoms with van der Waals surface area (Å²) >= 11 is 0. The van der Waals surface area contributed by atoms with Crippen molar-refractivity contribution in [3.8, 4) is 0 Å². The van der Waals surface area contributed by atoms with Crippen LogP contribution in [-0.2, 0) is 33.5 Å². The molecule has 16 nitrogen and oxygen atoms in total. The van der Waals surface area contributed by atoms with E-state index in [1.807, 2.05) is 0 Å². The topological polar surface area (TPSA) is 243 Å². The highest BCUT2D eigenvalue weighted by Crippen LogP contribution is 2.32. The van der Waals surface area contributed by atoms with Crippen molar-refractivity contribution in [2.24, 2.45) is 17.6 Å². The molecule has 2 aromatic rings. The quantitative estimate of drug-likeness (QED) is 0.0771. The minimum atomic E-state index is -2.33. The maximum Gasteiger partial charge on any atom is 0.341 e. The van der Waals surface area contributed by atoms with Crippen molar-refractivity contribution in [3.63, 3.8) is 0 Å². The molecule has 6 amide bonds. The van der Waals surface area contributed by atoms with Crippen LogP contribution in [0.4, 0.5) is 17.6 Å². The second kappa shape index (κ2) is 20.8. The molecule has 338 valence electrons. The molecule has 2 fully saturated rings. The van der Waals surface area contributed by atoms with E-state index in [-0.39, 0.29) is 25.3 Å². The SMILES string of the molecule is CC(C)CC(NC(=O)[C@@H]1C[C@@H](OC(C)(C)C)CN1C(=O)[C@@H](NC(=O)c1c(F)c(F)c(C(=O)O)c(F)c1F)C1CCCCC1)C(=O)C(=O)NCC(=O)N[C@H](C(N)=O)c1ccccc1. The number of nitrogens with one attached hydrogen (secondary N) is 4. The molecule has 1 saturated heterocycles. The van der Waals surface area contributed by atoms with Gasteiger partial charge in [-0.1, -0.05) is 63.4 Å². The van der Waals surface area contributed by atoms with Gasteiger partial charge in [0, 0.05) is 13.0 Å². The number of nitrogens with two attached hydrogens (primary N) is 1. The van der Waals surface area contributed by atoms with Gasteiger partial charge >= 0.3 is 5.97 Å². The number of amides is 6. The highest BCUT2D eigenvalue weighted by atomic mass is 19.2. The summed E-state index contributed by atoms with van der Waals surface area (Å²) in [5.41, 5.74) is 1.27. The van der Waals surface area contributed by atoms with Gasteiger partial charge in [0.25, 0.3) is 11.8 Å². The third-order valence-corrected chi connectivity index (χ3v) is 10.4. The standard InChI is InChI=1S/C42H52F4N6O10/c1-20(2)16-24(35(54)39(58)48-18-26(53)50-33(36(47)55)21-12-8-6-9-13-21)49-37(56)25-17-23(62-42(3,4)5)19-52(25)40(59)34(22-14-10-7-11-15-22)51-38(57)27-29(43)31(45)28(41(60)61)32(46)30(27)44/h6,8-9,12-13,20,22-25,33-34H,7,10-11,14-19H2,1-5H3,(H2,47,55)(H,48,58)(H,49,56)(H,50,53)(H,51,57)(H,60,61)/t23-,24?,25+,33+,34+/m1/s1. The molecule has 0 spiro atoms. The lowest BCUT2D eigenvalue weighted by molar-refractivity contribution is -0.143. The molecule has 4 rings (SSSR count). The number of Topliss-reactive ketones (excluding diaryl/α,β-unsaturated/α-hetero) is 1. The molecule has 20 heteroatoms. The van der Waals surface area contributed by atoms with E-state index < -0.39 is 130 Å². The van der Waals surface area contributed by atoms with Crippen LogP contribution < -0.4 is 27.0 Å². The molecule has 0 aromatic heterocycles. The third-order valence-electron chi connectivity index (χ3n) is 10.4. The number of carbonyl (C=O) groups excluding carboxylic acids is 7. The summed E-state index contributed by atoms with van der Waals surface area (Å²) in [4.78, 5) is 106. The predicted octanol–water partition coefficient (Wildman–Crippen LogP) is 2.96. The molecular weight excluding hydrogens is 824 g/mol. The smallest absolute Gasteiger partial charge is 0.341 e. The van der Waals surface area contributed by atoms with Crippen LogP contribution in [0.3, 0.4) is 0 Å². The molecule has 0 radical (unpaired) electrons. The first-order chi connectivity index (χ1) is 29.0. The Labute approximate surface area is 355 Å². The number of carboxylic acid groups (broad SMARTS) is 1. The molecule has 1 heterocycles. The summed E-state index contributed by atoms with van der Waals surface area (Å²) in [6, 6.07) is 2.29. The fourth-order valence-corrected chi connectivity index (χ4v) is 7.69. The molecule has 5 atom stereocenters. The largest absolute Gasteiger partial charge is 0.477 e. The fourth-order valence-electron chi connectivity index (χ4n) is 7.69. The second-order valence-electron chi connectivity index (χ2n) is 16.8. The summed E-state index contributed by atoms with van der Waals surface area (Å²) in [6.45, 7) is 7.59. The molecule has 7 N–H and O–H groups in total. The van der Waals surface area contributed by atoms with Crippen molar-refractivity contribution in [1.82, 2.24) is 26.2 Å². The lowest BCUT2D eigenvalue weighted by atomic mass is 9.83. The fraction of sp³-hybridized carbons (Fsp3) is 0.524. The molecule has 62 heavy (non-hydrogen) atoms. The van der Waals surface area contributed by atoms with Gasteiger partial charge in [0.1, 0.15) is 29.3 Å². The zero-order chi connectivity index (χ0) is 46.2. The summed E-state index contributed by atoms with van der Waals surface area (Å²) in [7, 11) is 0. The van der Waals surface area contributed by atoms with Crippen molar-refractivity contribution in [2.45, 2.75) is 115 Å². The van der Waals surface area contributed by atoms with Gasteiger partial charge in [-0.05, 0) is 57.4 Å². The number of primary amides is 1. The zero-order valence-electron chi connectivity index (χ0n) is 35.0. The number of aromatic carboxylic acids is 1. The lowest BCUT2D eigenvalue weighted by Gasteiger charge is -2.35. The van der Waals surface area contributed by atoms with E-state index in [1.165, 1.54) is 0 Å². The van der Waals surface area contributed by atoms with E-state index in [2.05, 4.69) is 21.3 Å². The Balaban J connectivity index is 1.59. The van der Waals surface area contributed by atoms with Gasteiger partial charge in [0.2, 0.25) is 29.4 Å². The van der Waals surface area contributed by atoms with Crippen LogP contribution >= 0.6 is 0 Å². The Bertz CT molecular complexity index is 2030. The van der Waals surface area contributed by atoms with Crippen molar-refractivity contribution >= 4 is 47.2 Å². The van der Waals surface area contributed by atoms with Crippen molar-refractivity contribution in [3.05, 3.63) is 70.3 Å². The van der Waals surface area contributed by atoms with E-state index in [9.17, 15) is 47.1 Å². The van der Waals surface area contributed by atoms with E-state index in [1.54, 1.807) is 65.0 Å². The van der Waals surface area contributed by atoms with Crippen LogP contribution in [0, 0.1) is 35.1 Å². The molecule has 1 unspecified atom stereocenters. The van der Waals surface area contributed by atoms with E-state index in [0.29, 0.717) is 31.2 Å². The number of ketones is 1. The summed E-state index contributed by atoms with van der Waals surface area (Å²) in [6.07, 6.45) is 1.52. The summed E-state index contributed by atoms with van der Waals surface area (Å²) < 4.78 is 65.6. The first-order valence-electron chi connectivity index (χ1n) is 20.2. The van der Waals surface area contributed by atoms with Crippen LogP contribution in [0.25, 0.3) is 0 Å². The van der Waals surface area contributed by atoms with E-state index >= 15 is 8.78 Å². The monoisotopic (exact) mass is 876 g/mol. The summed E-state index contributed by atoms with van der Waals surface area (Å²) in [5, 5.41) is 18.4. The molecular formula is C42H52F4N6O10. The number of hydrogen-bond acceptors (Lipinski definition) is 9. The average molecular weight is 877 g/mol. The Hall–Kier alpha value is -5.92. The average Bonchev–Trinajstić information content (AvgIpc) is 3.62. The molecule has 1 aliphatic heterocycles. The van der Waals surface area contributed by atoms with Crippen LogP contribution in [0.1, 0.15) is 112 Å². The lowest BCUT2D eigenvalue weighted by Crippen LogP contribution is -2.58. The van der Waals surface area contributed by atoms with E-state index in [0.717, 1.165) is 11.3 Å². The van der Waals surface area contributed by atoms with Crippen LogP contribution in [0.15, 0.2) is 30.3 Å². The van der Waals surface area contributed by atoms with Gasteiger partial charge in [-0.3, -0.25) is 33.6 Å². The summed E-state index contributed by atoms with van der Waals surface area (Å²) in [5.74, 6) is -20.3. The van der Waals surface area contributed by atoms with Gasteiger partial charge in [-0.2, -0.15) is 0 Å². The second-order valence-corrected chi connectivity index (χ2v) is 16.8. The highest BCUT2D eigenvalue weighted by molar-refractivity contribution is 6.38. The Morgan fingerprint density at radius 1 is 0.855 bits per heavy atom. The number of likely N-dealkylation sites (tertiary alicyclic amines) is 1. The zero-order valence-corrected chi connectivity index (χ0v) is 35.0. The first kappa shape index (κ1) is 48.7. The molecule has 2 aromatic carbocycles. The van der Waals surface area contributed by atoms with E-state index in [4.69, 9.17) is 15.6 Å². The first-order valence-corrected chi connectivity index (χ1v) is 20.2. The normalized spacial score (nSPS) is 18.3. The number of nitrogens with zero attached hydrogens (tertiary/aromatic N) is 1. The predicted molar refractivity (Wildman–Crippen MR) is 212 cm³/mol. The number of carbonyl (C=O) groups is 8. The van der Waals surface area contributed by atoms with Crippen molar-refractivity contribution < 1.29 is 65.8 Å². The Kier molecular flexibility index (Phi) is 16.3. The number of carboxylic acids is 1. The molecule has 2 aliphatic rings. The van der Waals surface area contributed by atoms with Crippen LogP contribution in [0.2, 0.25) is 0 Å². The van der Waals surface area contributed by atoms with Gasteiger partial charge in [-0.25, -0.2) is 22.4 Å². The van der Waals surface area contributed by atoms with Crippen molar-refractivity contribution in [2.75, 3.05) is 13.1 Å². The van der Waals surface area contributed by atoms with Crippen LogP contribution in [-0.4, -0.2) is 100 Å². The molecule has 1 aliphatic carbocycles. The number of rotatable bonds is 17. The minimum absolute atomic E-state index is 0.0732. The molecule has 0 bridgehead atoms. The Morgan fingerprint density at radius 3 is 1.97 bits per heavy atom. The number of hydrogen-bond donors (Lipinski definition) is 6. The maximum atomic E-state index is 15.1. The molecule has 1 saturated carbocycles. The number of halogens is 4. The van der Waals surface area contributed by atoms with Gasteiger partial charge in [-0.15, -0.1) is 0 Å². The Morgan fingerprint density at radius 2 is 1.44 bits per heavy atom. The number of ether oxygens (including phenoxy) is 1. The maximum absolute atomic E-state index is 15.1. The van der Waals surface area contributed by atoms with Gasteiger partial charge in [0.15, 0.2) is 23.3 Å². The van der Waals surface area contributed by atoms with Crippen molar-refractivity contribution in [1.29, 1.82) is 0 Å².